The molecule has 24 heavy (non-hydrogen) atoms. The molecule has 3 fully saturated rings. The van der Waals surface area contributed by atoms with Crippen LogP contribution in [0.3, 0.4) is 0 Å². The zero-order valence-electron chi connectivity index (χ0n) is 15.8. The predicted octanol–water partition coefficient (Wildman–Crippen LogP) is 1.87. The fraction of sp³-hybridized carbons (Fsp3) is 0.941. The Bertz CT molecular complexity index is 530. The molecule has 0 spiro atoms. The minimum absolute atomic E-state index is 0.0366. The normalized spacial score (nSPS) is 39.1. The Labute approximate surface area is 145 Å². The van der Waals surface area contributed by atoms with Crippen molar-refractivity contribution < 1.29 is 23.8 Å². The molecule has 7 heteroatoms. The average molecular weight is 358 g/mol. The molecule has 6 nitrogen and oxygen atoms in total. The van der Waals surface area contributed by atoms with E-state index in [1.165, 1.54) is 0 Å². The lowest BCUT2D eigenvalue weighted by atomic mass is 9.93. The van der Waals surface area contributed by atoms with Crippen LogP contribution in [0.15, 0.2) is 0 Å². The number of ether oxygens (including phenoxy) is 2. The lowest BCUT2D eigenvalue weighted by Crippen LogP contribution is -2.62. The molecule has 138 valence electrons. The number of piperidine rings is 1. The van der Waals surface area contributed by atoms with E-state index in [1.807, 2.05) is 13.8 Å². The van der Waals surface area contributed by atoms with E-state index < -0.39 is 26.3 Å². The van der Waals surface area contributed by atoms with Gasteiger partial charge in [0, 0.05) is 0 Å². The van der Waals surface area contributed by atoms with E-state index in [0.29, 0.717) is 13.0 Å². The van der Waals surface area contributed by atoms with Crippen LogP contribution in [-0.2, 0) is 18.7 Å². The van der Waals surface area contributed by atoms with Crippen LogP contribution in [-0.4, -0.2) is 67.0 Å². The van der Waals surface area contributed by atoms with Gasteiger partial charge in [-0.1, -0.05) is 20.8 Å². The van der Waals surface area contributed by atoms with Crippen molar-refractivity contribution in [3.05, 3.63) is 0 Å². The fourth-order valence-electron chi connectivity index (χ4n) is 3.75. The number of carbonyl (C=O) groups is 1. The molecule has 0 saturated carbocycles. The van der Waals surface area contributed by atoms with Crippen molar-refractivity contribution in [1.29, 1.82) is 0 Å². The summed E-state index contributed by atoms with van der Waals surface area (Å²) in [5.41, 5.74) is 0. The topological polar surface area (TPSA) is 68.2 Å². The van der Waals surface area contributed by atoms with Crippen LogP contribution in [0.25, 0.3) is 0 Å². The summed E-state index contributed by atoms with van der Waals surface area (Å²) >= 11 is 0. The molecule has 0 aliphatic carbocycles. The highest BCUT2D eigenvalue weighted by atomic mass is 28.4. The molecule has 3 aliphatic rings. The van der Waals surface area contributed by atoms with Crippen LogP contribution in [0.1, 0.15) is 41.0 Å². The van der Waals surface area contributed by atoms with E-state index in [0.717, 1.165) is 0 Å². The Kier molecular flexibility index (Phi) is 4.21. The van der Waals surface area contributed by atoms with Gasteiger partial charge in [-0.3, -0.25) is 4.79 Å². The van der Waals surface area contributed by atoms with Crippen LogP contribution in [0.4, 0.5) is 0 Å². The molecular weight excluding hydrogens is 326 g/mol. The van der Waals surface area contributed by atoms with Gasteiger partial charge in [-0.25, -0.2) is 0 Å². The molecule has 0 aromatic rings. The number of aliphatic hydroxyl groups is 1. The van der Waals surface area contributed by atoms with Gasteiger partial charge in [0.2, 0.25) is 5.91 Å². The number of hydrogen-bond acceptors (Lipinski definition) is 5. The standard InChI is InChI=1S/C17H31NO5Si/c1-16(2,3)24(6,7)23-10-8-12(19)18-9-11-15(14(20)13(10)18)22-17(4,5)21-11/h10-11,13-15,20H,8-9H2,1-7H3/t10-,11-,13+,14+,15+/m0/s1. The second kappa shape index (κ2) is 5.51. The van der Waals surface area contributed by atoms with Crippen LogP contribution < -0.4 is 0 Å². The van der Waals surface area contributed by atoms with Crippen LogP contribution >= 0.6 is 0 Å². The third kappa shape index (κ3) is 2.94. The largest absolute Gasteiger partial charge is 0.411 e. The predicted molar refractivity (Wildman–Crippen MR) is 92.0 cm³/mol. The third-order valence-corrected chi connectivity index (χ3v) is 10.5. The van der Waals surface area contributed by atoms with Crippen molar-refractivity contribution in [3.8, 4) is 0 Å². The molecule has 3 saturated heterocycles. The maximum atomic E-state index is 12.5. The number of aliphatic hydroxyl groups excluding tert-OH is 1. The summed E-state index contributed by atoms with van der Waals surface area (Å²) in [6, 6.07) is -0.342. The summed E-state index contributed by atoms with van der Waals surface area (Å²) in [5.74, 6) is -0.691. The van der Waals surface area contributed by atoms with E-state index in [1.54, 1.807) is 4.90 Å². The van der Waals surface area contributed by atoms with Gasteiger partial charge in [0.15, 0.2) is 14.1 Å². The third-order valence-electron chi connectivity index (χ3n) is 5.97. The Morgan fingerprint density at radius 2 is 1.92 bits per heavy atom. The SMILES string of the molecule is CC1(C)O[C@H]2[C@H](O)[C@H]3[C@@H](O[Si](C)(C)C(C)(C)C)CC(=O)N3C[C@@H]2O1. The van der Waals surface area contributed by atoms with Crippen LogP contribution in [0.5, 0.6) is 0 Å². The van der Waals surface area contributed by atoms with Crippen molar-refractivity contribution in [2.75, 3.05) is 6.54 Å². The monoisotopic (exact) mass is 357 g/mol. The maximum absolute atomic E-state index is 12.5. The highest BCUT2D eigenvalue weighted by molar-refractivity contribution is 6.74. The van der Waals surface area contributed by atoms with Gasteiger partial charge in [-0.15, -0.1) is 0 Å². The summed E-state index contributed by atoms with van der Waals surface area (Å²) in [7, 11) is -2.03. The Balaban J connectivity index is 1.82. The second-order valence-electron chi connectivity index (χ2n) is 9.29. The molecule has 0 bridgehead atoms. The molecule has 0 radical (unpaired) electrons. The first kappa shape index (κ1) is 18.3. The summed E-state index contributed by atoms with van der Waals surface area (Å²) < 4.78 is 18.3. The van der Waals surface area contributed by atoms with E-state index in [2.05, 4.69) is 33.9 Å². The van der Waals surface area contributed by atoms with Crippen molar-refractivity contribution >= 4 is 14.2 Å². The molecule has 3 rings (SSSR count). The van der Waals surface area contributed by atoms with Gasteiger partial charge in [-0.2, -0.15) is 0 Å². The molecule has 3 heterocycles. The van der Waals surface area contributed by atoms with Gasteiger partial charge < -0.3 is 23.9 Å². The van der Waals surface area contributed by atoms with Crippen LogP contribution in [0.2, 0.25) is 18.1 Å². The van der Waals surface area contributed by atoms with E-state index in [4.69, 9.17) is 13.9 Å². The number of rotatable bonds is 2. The zero-order chi connectivity index (χ0) is 18.1. The highest BCUT2D eigenvalue weighted by Crippen LogP contribution is 2.43. The molecular formula is C17H31NO5Si. The molecule has 3 aliphatic heterocycles. The number of amides is 1. The first-order chi connectivity index (χ1) is 10.8. The average Bonchev–Trinajstić information content (AvgIpc) is 2.85. The summed E-state index contributed by atoms with van der Waals surface area (Å²) in [6.45, 7) is 15.0. The first-order valence-corrected chi connectivity index (χ1v) is 11.7. The number of carbonyl (C=O) groups excluding carboxylic acids is 1. The molecule has 1 N–H and O–H groups in total. The molecule has 0 aromatic carbocycles. The molecule has 0 unspecified atom stereocenters. The maximum Gasteiger partial charge on any atom is 0.225 e. The van der Waals surface area contributed by atoms with Gasteiger partial charge >= 0.3 is 0 Å². The Morgan fingerprint density at radius 1 is 1.29 bits per heavy atom. The minimum Gasteiger partial charge on any atom is -0.411 e. The van der Waals surface area contributed by atoms with E-state index in [9.17, 15) is 9.90 Å². The Hall–Kier alpha value is -0.473. The second-order valence-corrected chi connectivity index (χ2v) is 14.0. The lowest BCUT2D eigenvalue weighted by Gasteiger charge is -2.44. The minimum atomic E-state index is -2.03. The summed E-state index contributed by atoms with van der Waals surface area (Å²) in [5, 5.41) is 11.0. The van der Waals surface area contributed by atoms with Crippen molar-refractivity contribution in [1.82, 2.24) is 4.90 Å². The Morgan fingerprint density at radius 3 is 2.50 bits per heavy atom. The number of hydrogen-bond donors (Lipinski definition) is 1. The number of nitrogens with zero attached hydrogens (tertiary/aromatic N) is 1. The zero-order valence-corrected chi connectivity index (χ0v) is 16.8. The fourth-order valence-corrected chi connectivity index (χ4v) is 5.09. The summed E-state index contributed by atoms with van der Waals surface area (Å²) in [4.78, 5) is 14.2. The van der Waals surface area contributed by atoms with Gasteiger partial charge in [0.05, 0.1) is 25.1 Å². The molecule has 0 aromatic heterocycles. The molecule has 1 amide bonds. The van der Waals surface area contributed by atoms with Gasteiger partial charge in [0.25, 0.3) is 0 Å². The van der Waals surface area contributed by atoms with Gasteiger partial charge in [0.1, 0.15) is 18.3 Å². The lowest BCUT2D eigenvalue weighted by molar-refractivity contribution is -0.156. The number of fused-ring (bicyclic) bond motifs is 2. The quantitative estimate of drug-likeness (QED) is 0.764. The van der Waals surface area contributed by atoms with Crippen LogP contribution in [0, 0.1) is 0 Å². The highest BCUT2D eigenvalue weighted by Gasteiger charge is 2.59. The summed E-state index contributed by atoms with van der Waals surface area (Å²) in [6.07, 6.45) is -1.41. The van der Waals surface area contributed by atoms with E-state index in [-0.39, 0.29) is 29.2 Å². The van der Waals surface area contributed by atoms with Gasteiger partial charge in [-0.05, 0) is 32.0 Å². The molecule has 5 atom stereocenters. The van der Waals surface area contributed by atoms with Crippen molar-refractivity contribution in [2.24, 2.45) is 0 Å². The smallest absolute Gasteiger partial charge is 0.225 e. The first-order valence-electron chi connectivity index (χ1n) is 8.83. The van der Waals surface area contributed by atoms with Crippen molar-refractivity contribution in [3.63, 3.8) is 0 Å². The van der Waals surface area contributed by atoms with Crippen molar-refractivity contribution in [2.45, 2.75) is 95.4 Å². The van der Waals surface area contributed by atoms with E-state index >= 15 is 0 Å².